The van der Waals surface area contributed by atoms with E-state index in [1.54, 1.807) is 28.8 Å². The zero-order valence-electron chi connectivity index (χ0n) is 19.6. The highest BCUT2D eigenvalue weighted by atomic mass is 32.2. The minimum absolute atomic E-state index is 0.303. The van der Waals surface area contributed by atoms with Crippen LogP contribution in [-0.2, 0) is 24.4 Å². The van der Waals surface area contributed by atoms with Crippen LogP contribution in [0.5, 0.6) is 0 Å². The normalized spacial score (nSPS) is 12.5. The van der Waals surface area contributed by atoms with Gasteiger partial charge in [-0.15, -0.1) is 0 Å². The van der Waals surface area contributed by atoms with Crippen LogP contribution in [0.15, 0.2) is 33.9 Å². The topological polar surface area (TPSA) is 116 Å². The van der Waals surface area contributed by atoms with Crippen molar-refractivity contribution in [3.8, 4) is 11.4 Å². The average molecular weight is 477 g/mol. The highest BCUT2D eigenvalue weighted by molar-refractivity contribution is 7.80. The van der Waals surface area contributed by atoms with E-state index in [4.69, 9.17) is 0 Å². The van der Waals surface area contributed by atoms with Crippen LogP contribution < -0.4 is 15.6 Å². The minimum Gasteiger partial charge on any atom is -0.332 e. The highest BCUT2D eigenvalue weighted by Gasteiger charge is 2.18. The molecule has 0 fully saturated rings. The fourth-order valence-corrected chi connectivity index (χ4v) is 4.35. The summed E-state index contributed by atoms with van der Waals surface area (Å²) in [7, 11) is 3.92. The van der Waals surface area contributed by atoms with E-state index >= 15 is 0 Å². The van der Waals surface area contributed by atoms with E-state index in [-0.39, 0.29) is 11.2 Å². The van der Waals surface area contributed by atoms with Crippen molar-refractivity contribution in [3.63, 3.8) is 0 Å². The number of fused-ring (bicyclic) bond motifs is 1. The molecule has 0 saturated carbocycles. The number of aryl methyl sites for hydroxylation is 1. The van der Waals surface area contributed by atoms with Crippen LogP contribution in [0.4, 0.5) is 5.69 Å². The third-order valence-electron chi connectivity index (χ3n) is 5.34. The Balaban J connectivity index is 1.99. The summed E-state index contributed by atoms with van der Waals surface area (Å²) < 4.78 is 25.8. The monoisotopic (exact) mass is 476 g/mol. The maximum Gasteiger partial charge on any atom is 0.332 e. The van der Waals surface area contributed by atoms with E-state index in [0.29, 0.717) is 54.3 Å². The molecular weight excluding hydrogens is 444 g/mol. The molecule has 10 nitrogen and oxygen atoms in total. The third kappa shape index (κ3) is 5.43. The van der Waals surface area contributed by atoms with Crippen molar-refractivity contribution < 1.29 is 8.76 Å². The lowest BCUT2D eigenvalue weighted by Gasteiger charge is -2.21. The van der Waals surface area contributed by atoms with Crippen molar-refractivity contribution in [3.05, 3.63) is 45.1 Å². The van der Waals surface area contributed by atoms with Gasteiger partial charge in [0.1, 0.15) is 11.3 Å². The molecule has 0 bridgehead atoms. The smallest absolute Gasteiger partial charge is 0.332 e. The predicted molar refractivity (Wildman–Crippen MR) is 132 cm³/mol. The first-order valence-electron chi connectivity index (χ1n) is 11.2. The van der Waals surface area contributed by atoms with Crippen LogP contribution in [0.1, 0.15) is 33.1 Å². The van der Waals surface area contributed by atoms with E-state index in [1.165, 1.54) is 8.87 Å². The van der Waals surface area contributed by atoms with Gasteiger partial charge < -0.3 is 9.88 Å². The van der Waals surface area contributed by atoms with E-state index in [9.17, 15) is 18.4 Å². The summed E-state index contributed by atoms with van der Waals surface area (Å²) in [6.07, 6.45) is 2.15. The van der Waals surface area contributed by atoms with Crippen LogP contribution in [0, 0.1) is 0 Å². The second-order valence-electron chi connectivity index (χ2n) is 8.21. The summed E-state index contributed by atoms with van der Waals surface area (Å²) >= 11 is -2.14. The first-order valence-corrected chi connectivity index (χ1v) is 12.2. The van der Waals surface area contributed by atoms with Crippen molar-refractivity contribution in [1.29, 1.82) is 0 Å². The van der Waals surface area contributed by atoms with Gasteiger partial charge in [0.15, 0.2) is 5.65 Å². The molecule has 1 atom stereocenters. The average Bonchev–Trinajstić information content (AvgIpc) is 3.22. The van der Waals surface area contributed by atoms with Crippen molar-refractivity contribution in [2.75, 3.05) is 31.5 Å². The minimum atomic E-state index is -2.14. The van der Waals surface area contributed by atoms with Crippen LogP contribution >= 0.6 is 0 Å². The van der Waals surface area contributed by atoms with Crippen LogP contribution in [0.25, 0.3) is 22.6 Å². The van der Waals surface area contributed by atoms with Gasteiger partial charge in [0.2, 0.25) is 0 Å². The zero-order chi connectivity index (χ0) is 24.1. The molecule has 0 amide bonds. The number of benzene rings is 1. The summed E-state index contributed by atoms with van der Waals surface area (Å²) in [6, 6.07) is 7.07. The number of nitrogens with zero attached hydrogens (tertiary/aromatic N) is 5. The van der Waals surface area contributed by atoms with Crippen molar-refractivity contribution in [2.45, 2.75) is 46.2 Å². The van der Waals surface area contributed by atoms with Crippen LogP contribution in [0.3, 0.4) is 0 Å². The van der Waals surface area contributed by atoms with Crippen molar-refractivity contribution in [1.82, 2.24) is 24.0 Å². The Morgan fingerprint density at radius 3 is 2.24 bits per heavy atom. The molecule has 0 aliphatic rings. The first-order chi connectivity index (χ1) is 15.8. The summed E-state index contributed by atoms with van der Waals surface area (Å²) in [5, 5.41) is 0. The molecule has 11 heteroatoms. The molecule has 0 spiro atoms. The van der Waals surface area contributed by atoms with Gasteiger partial charge in [-0.3, -0.25) is 22.8 Å². The summed E-state index contributed by atoms with van der Waals surface area (Å²) in [4.78, 5) is 35.4. The Morgan fingerprint density at radius 1 is 1.03 bits per heavy atom. The lowest BCUT2D eigenvalue weighted by molar-refractivity contribution is 0.402. The van der Waals surface area contributed by atoms with Gasteiger partial charge in [-0.25, -0.2) is 14.0 Å². The quantitative estimate of drug-likeness (QED) is 0.410. The third-order valence-corrected chi connectivity index (χ3v) is 6.11. The number of nitrogens with one attached hydrogen (secondary N) is 1. The van der Waals surface area contributed by atoms with E-state index in [2.05, 4.69) is 9.97 Å². The molecular formula is C22H32N6O4S. The number of imidazole rings is 1. The number of rotatable bonds is 11. The second-order valence-corrected chi connectivity index (χ2v) is 9.11. The van der Waals surface area contributed by atoms with Gasteiger partial charge in [0.25, 0.3) is 16.8 Å². The number of aromatic nitrogens is 4. The molecule has 2 aromatic heterocycles. The Hall–Kier alpha value is -2.76. The fraction of sp³-hybridized carbons (Fsp3) is 0.500. The van der Waals surface area contributed by atoms with E-state index in [1.807, 2.05) is 32.8 Å². The van der Waals surface area contributed by atoms with E-state index < -0.39 is 11.3 Å². The molecule has 0 aliphatic heterocycles. The standard InChI is InChI=1S/C22H32N6O4S/c1-5-12-26-20-18(21(29)27(13-6-2)22(26)30)23-19(24-20)16-8-10-17(11-9-16)28(33(31)32)15-7-14-25(3)4/h8-11H,5-7,12-15H2,1-4H3,(H,23,24)(H,31,32). The first kappa shape index (κ1) is 24.9. The number of hydrogen-bond donors (Lipinski definition) is 2. The molecule has 3 aromatic rings. The number of aromatic amines is 1. The van der Waals surface area contributed by atoms with Gasteiger partial charge >= 0.3 is 5.69 Å². The Bertz CT molecular complexity index is 1230. The molecule has 33 heavy (non-hydrogen) atoms. The Kier molecular flexibility index (Phi) is 8.22. The number of anilines is 1. The molecule has 180 valence electrons. The maximum absolute atomic E-state index is 12.9. The summed E-state index contributed by atoms with van der Waals surface area (Å²) in [5.74, 6) is 0.469. The van der Waals surface area contributed by atoms with Crippen LogP contribution in [0.2, 0.25) is 0 Å². The SMILES string of the molecule is CCCn1c(=O)c2[nH]c(-c3ccc(N(CCCN(C)C)S(=O)O)cc3)nc2n(CCC)c1=O. The molecule has 2 heterocycles. The maximum atomic E-state index is 12.9. The van der Waals surface area contributed by atoms with E-state index in [0.717, 1.165) is 19.4 Å². The van der Waals surface area contributed by atoms with Crippen molar-refractivity contribution >= 4 is 28.1 Å². The lowest BCUT2D eigenvalue weighted by Crippen LogP contribution is -2.40. The largest absolute Gasteiger partial charge is 0.332 e. The number of H-pyrrole nitrogens is 1. The summed E-state index contributed by atoms with van der Waals surface area (Å²) in [5.41, 5.74) is 1.26. The molecule has 0 radical (unpaired) electrons. The van der Waals surface area contributed by atoms with Gasteiger partial charge in [0.05, 0.1) is 5.69 Å². The number of hydrogen-bond acceptors (Lipinski definition) is 5. The zero-order valence-corrected chi connectivity index (χ0v) is 20.4. The van der Waals surface area contributed by atoms with Crippen LogP contribution in [-0.4, -0.2) is 59.9 Å². The van der Waals surface area contributed by atoms with Gasteiger partial charge in [0, 0.05) is 25.2 Å². The Labute approximate surface area is 195 Å². The molecule has 0 saturated heterocycles. The molecule has 2 N–H and O–H groups in total. The van der Waals surface area contributed by atoms with Gasteiger partial charge in [-0.1, -0.05) is 13.8 Å². The fourth-order valence-electron chi connectivity index (χ4n) is 3.76. The van der Waals surface area contributed by atoms with Crippen molar-refractivity contribution in [2.24, 2.45) is 0 Å². The summed E-state index contributed by atoms with van der Waals surface area (Å²) in [6.45, 7) is 5.94. The lowest BCUT2D eigenvalue weighted by atomic mass is 10.2. The molecule has 3 rings (SSSR count). The van der Waals surface area contributed by atoms with Gasteiger partial charge in [-0.2, -0.15) is 0 Å². The molecule has 1 aromatic carbocycles. The Morgan fingerprint density at radius 2 is 1.67 bits per heavy atom. The predicted octanol–water partition coefficient (Wildman–Crippen LogP) is 2.27. The molecule has 1 unspecified atom stereocenters. The van der Waals surface area contributed by atoms with Gasteiger partial charge in [-0.05, 0) is 64.2 Å². The highest BCUT2D eigenvalue weighted by Crippen LogP contribution is 2.23. The molecule has 0 aliphatic carbocycles. The second kappa shape index (κ2) is 10.9.